The number of anilines is 23. The normalized spacial score (nSPS) is 10.3. The molecule has 756 valence electrons. The van der Waals surface area contributed by atoms with E-state index in [1.54, 1.807) is 140 Å². The summed E-state index contributed by atoms with van der Waals surface area (Å²) in [6.07, 6.45) is 26.2. The first-order valence-electron chi connectivity index (χ1n) is 40.5. The number of carbonyl (C=O) groups is 1. The summed E-state index contributed by atoms with van der Waals surface area (Å²) >= 11 is 52.0. The topological polar surface area (TPSA) is 592 Å². The number of rotatable bonds is 24. The van der Waals surface area contributed by atoms with Gasteiger partial charge in [0.05, 0.1) is 151 Å². The predicted octanol–water partition coefficient (Wildman–Crippen LogP) is 21.0. The van der Waals surface area contributed by atoms with Crippen molar-refractivity contribution in [2.75, 3.05) is 89.4 Å². The van der Waals surface area contributed by atoms with Gasteiger partial charge in [-0.3, -0.25) is 58.5 Å². The van der Waals surface area contributed by atoms with Crippen molar-refractivity contribution >= 4 is 260 Å². The van der Waals surface area contributed by atoms with Crippen LogP contribution >= 0.6 is 104 Å². The van der Waals surface area contributed by atoms with Crippen molar-refractivity contribution in [3.63, 3.8) is 0 Å². The van der Waals surface area contributed by atoms with E-state index in [1.165, 1.54) is 90.6 Å². The van der Waals surface area contributed by atoms with E-state index in [-0.39, 0.29) is 133 Å². The molecule has 11 aromatic heterocycles. The van der Waals surface area contributed by atoms with E-state index in [4.69, 9.17) is 122 Å². The Morgan fingerprint density at radius 3 is 0.986 bits per heavy atom. The second-order valence-corrected chi connectivity index (χ2v) is 32.1. The van der Waals surface area contributed by atoms with Crippen molar-refractivity contribution in [3.8, 4) is 0 Å². The smallest absolute Gasteiger partial charge is 0.271 e. The molecular weight excluding hydrogens is 2110 g/mol. The van der Waals surface area contributed by atoms with Crippen LogP contribution in [-0.4, -0.2) is 143 Å². The maximum absolute atomic E-state index is 14.3. The van der Waals surface area contributed by atoms with Gasteiger partial charge in [-0.05, 0) is 102 Å². The summed E-state index contributed by atoms with van der Waals surface area (Å²) in [5, 5.41) is 81.5. The van der Waals surface area contributed by atoms with Gasteiger partial charge in [-0.2, -0.15) is 50.4 Å². The molecule has 0 aliphatic carbocycles. The molecule has 1 amide bonds. The summed E-state index contributed by atoms with van der Waals surface area (Å²) in [6, 6.07) is 22.2. The summed E-state index contributed by atoms with van der Waals surface area (Å²) in [6.45, 7) is 3.44. The first kappa shape index (κ1) is 111. The molecule has 0 atom stereocenters. The standard InChI is InChI=1S/C18H17ClFN7O.C15H15ClFN7.C14H11ClFN7O2.C14H13ClFN7.C10H5Cl2FN4O2.C6H5FN2O2.C4HCl3N2.C4H7N3/c1-4-16(28)27(3)12-5-6-14(20)15(7-12)24-17-13(19)9-21-18(25-17)23-11-8-22-26(2)10-11;1-18-9-3-4-12(17)13(5-9)22-14-11(16)7-19-15(23-14)21-10-6-20-24(2)8-10;1-22-7-8(5-18-22)19-14-17-6-10(15)13(21-14)20-12-4-9(23(24)25)2-3-11(12)16;1-23-7-9(5-19-23)20-14-18-6-10(15)13(22-14)21-12-4-8(17)2-3-11(12)16;11-6-4-14-10(12)16-9(6)15-8-3-5(17(18)19)1-2-7(8)13;7-5-2-1-4(9(10)11)3-6(5)8;5-2-1-8-4(7)9-3(2)6;1-7-3-4(5)2-6-7/h4-10H,1H2,2-3H3,(H2,21,23,24,25);3-8,18H,1-2H3,(H2,19,21,22,23);2-7H,1H3,(H2,17,19,20,21);2-7H,17H2,1H3,(H2,18,20,21,22);1-4H,(H,14,15,16);1-3H,8H2;1H;2-3H,5H2,1H3. The van der Waals surface area contributed by atoms with E-state index in [2.05, 4.69) is 145 Å². The second kappa shape index (κ2) is 52.6. The van der Waals surface area contributed by atoms with Crippen LogP contribution in [0.3, 0.4) is 0 Å². The van der Waals surface area contributed by atoms with E-state index in [9.17, 15) is 61.5 Å². The molecule has 0 aliphatic rings. The SMILES string of the molecule is C=CC(=O)N(C)c1ccc(F)c(Nc2nc(Nc3cnn(C)c3)ncc2Cl)c1.CNc1ccc(F)c(Nc2nc(Nc3cnn(C)c3)ncc2Cl)c1.Clc1ncc(Cl)c(Cl)n1.Cn1cc(N)cn1.Cn1cc(Nc2ncc(Cl)c(Nc3cc(N)ccc3F)n2)cn1.Cn1cc(Nc2ncc(Cl)c(Nc3cc([N+](=O)[O-])ccc3F)n2)cn1.Nc1cc([N+](=O)[O-])ccc1F.O=[N+]([O-])c1ccc(F)c(Nc2nc(Cl)ncc2Cl)c1. The molecule has 0 spiro atoms. The van der Waals surface area contributed by atoms with Crippen molar-refractivity contribution < 1.29 is 45.9 Å². The highest BCUT2D eigenvalue weighted by Gasteiger charge is 2.21. The average molecular weight is 2190 g/mol. The number of benzene rings is 6. The van der Waals surface area contributed by atoms with E-state index < -0.39 is 49.7 Å². The lowest BCUT2D eigenvalue weighted by Gasteiger charge is -2.17. The van der Waals surface area contributed by atoms with Gasteiger partial charge in [0, 0.05) is 134 Å². The zero-order chi connectivity index (χ0) is 106. The molecule has 17 aromatic rings. The highest BCUT2D eigenvalue weighted by molar-refractivity contribution is 6.41. The Morgan fingerprint density at radius 1 is 0.356 bits per heavy atom. The van der Waals surface area contributed by atoms with Crippen LogP contribution in [0, 0.1) is 65.2 Å². The van der Waals surface area contributed by atoms with Gasteiger partial charge in [-0.25, -0.2) is 61.2 Å². The molecule has 0 unspecified atom stereocenters. The van der Waals surface area contributed by atoms with Gasteiger partial charge in [-0.15, -0.1) is 0 Å². The van der Waals surface area contributed by atoms with Gasteiger partial charge in [0.25, 0.3) is 17.1 Å². The summed E-state index contributed by atoms with van der Waals surface area (Å²) in [4.78, 5) is 90.5. The van der Waals surface area contributed by atoms with Crippen LogP contribution in [-0.2, 0) is 40.0 Å². The number of carbonyl (C=O) groups excluding carboxylic acids is 1. The number of nitrogens with two attached hydrogens (primary N) is 3. The third-order valence-electron chi connectivity index (χ3n) is 17.8. The van der Waals surface area contributed by atoms with Crippen LogP contribution in [0.2, 0.25) is 45.9 Å². The van der Waals surface area contributed by atoms with Crippen molar-refractivity contribution in [1.29, 1.82) is 0 Å². The molecule has 46 nitrogen and oxygen atoms in total. The molecular formula is C85H74Cl9F6N39O7. The number of non-ortho nitro benzene ring substituents is 3. The lowest BCUT2D eigenvalue weighted by Crippen LogP contribution is -2.23. The number of aryl methyl sites for hydroxylation is 5. The van der Waals surface area contributed by atoms with Gasteiger partial charge in [-0.1, -0.05) is 87.8 Å². The average Bonchev–Trinajstić information content (AvgIpc) is 1.05. The van der Waals surface area contributed by atoms with Gasteiger partial charge >= 0.3 is 0 Å². The van der Waals surface area contributed by atoms with Gasteiger partial charge in [0.2, 0.25) is 40.3 Å². The van der Waals surface area contributed by atoms with E-state index in [0.717, 1.165) is 71.7 Å². The van der Waals surface area contributed by atoms with E-state index in [1.807, 2.05) is 7.05 Å². The Morgan fingerprint density at radius 2 is 0.664 bits per heavy atom. The van der Waals surface area contributed by atoms with Crippen LogP contribution in [0.5, 0.6) is 0 Å². The molecule has 0 aliphatic heterocycles. The number of amides is 1. The third-order valence-corrected chi connectivity index (χ3v) is 20.2. The summed E-state index contributed by atoms with van der Waals surface area (Å²) in [7, 11) is 12.3. The lowest BCUT2D eigenvalue weighted by atomic mass is 10.2. The maximum Gasteiger partial charge on any atom is 0.271 e. The zero-order valence-corrected chi connectivity index (χ0v) is 82.6. The molecule has 146 heavy (non-hydrogen) atoms. The second-order valence-electron chi connectivity index (χ2n) is 28.6. The number of nitro groups is 3. The minimum absolute atomic E-state index is 0.0565. The molecule has 61 heteroatoms. The van der Waals surface area contributed by atoms with Crippen molar-refractivity contribution in [2.45, 2.75) is 0 Å². The van der Waals surface area contributed by atoms with E-state index >= 15 is 0 Å². The summed E-state index contributed by atoms with van der Waals surface area (Å²) in [5.74, 6) is -1.73. The number of nitro benzene ring substituents is 3. The molecule has 0 fully saturated rings. The van der Waals surface area contributed by atoms with Gasteiger partial charge in [0.1, 0.15) is 60.0 Å². The minimum atomic E-state index is -0.684. The quantitative estimate of drug-likeness (QED) is 0.00508. The molecule has 0 bridgehead atoms. The largest absolute Gasteiger partial charge is 0.399 e. The Balaban J connectivity index is 0.000000176. The molecule has 17 rings (SSSR count). The molecule has 0 saturated heterocycles. The zero-order valence-electron chi connectivity index (χ0n) is 75.8. The fourth-order valence-corrected chi connectivity index (χ4v) is 12.2. The first-order chi connectivity index (χ1) is 69.4. The molecule has 0 radical (unpaired) electrons. The first-order valence-corrected chi connectivity index (χ1v) is 43.9. The Bertz CT molecular complexity index is 7490. The minimum Gasteiger partial charge on any atom is -0.399 e. The van der Waals surface area contributed by atoms with Gasteiger partial charge in [0.15, 0.2) is 34.2 Å². The fourth-order valence-electron chi connectivity index (χ4n) is 10.9. The number of nitrogens with zero attached hydrogens (tertiary/aromatic N) is 26. The Labute approximate surface area is 865 Å². The van der Waals surface area contributed by atoms with Crippen LogP contribution in [0.1, 0.15) is 0 Å². The van der Waals surface area contributed by atoms with Gasteiger partial charge < -0.3 is 75.3 Å². The fraction of sp³-hybridized carbons (Fsp3) is 0.0824. The molecule has 0 saturated carbocycles. The third kappa shape index (κ3) is 33.8. The lowest BCUT2D eigenvalue weighted by molar-refractivity contribution is -0.385. The van der Waals surface area contributed by atoms with Crippen molar-refractivity contribution in [3.05, 3.63) is 332 Å². The number of aromatic nitrogens is 22. The van der Waals surface area contributed by atoms with E-state index in [0.29, 0.717) is 51.2 Å². The number of nitrogens with one attached hydrogen (secondary N) is 10. The van der Waals surface area contributed by atoms with Crippen LogP contribution in [0.25, 0.3) is 0 Å². The molecule has 11 heterocycles. The summed E-state index contributed by atoms with van der Waals surface area (Å²) in [5.41, 5.74) is 20.5. The van der Waals surface area contributed by atoms with Crippen LogP contribution in [0.4, 0.5) is 176 Å². The molecule has 16 N–H and O–H groups in total. The highest BCUT2D eigenvalue weighted by Crippen LogP contribution is 2.36. The van der Waals surface area contributed by atoms with Crippen molar-refractivity contribution in [2.24, 2.45) is 35.2 Å². The number of hydrogen-bond donors (Lipinski definition) is 13. The number of hydrogen-bond acceptors (Lipinski definition) is 37. The number of halogens is 15. The number of likely N-dealkylation sites (N-methyl/N-ethyl adjacent to an activating group) is 1. The maximum atomic E-state index is 14.3. The monoisotopic (exact) mass is 2180 g/mol. The van der Waals surface area contributed by atoms with Crippen LogP contribution in [0.15, 0.2) is 221 Å². The highest BCUT2D eigenvalue weighted by atomic mass is 35.5. The summed E-state index contributed by atoms with van der Waals surface area (Å²) < 4.78 is 90.1. The van der Waals surface area contributed by atoms with Crippen LogP contribution < -0.4 is 75.3 Å². The predicted molar refractivity (Wildman–Crippen MR) is 548 cm³/mol. The Hall–Kier alpha value is -17.2. The molecule has 6 aromatic carbocycles. The van der Waals surface area contributed by atoms with Crippen molar-refractivity contribution in [1.82, 2.24) is 109 Å². The number of nitrogen functional groups attached to an aromatic ring is 3. The Kier molecular flexibility index (Phi) is 39.9.